The second-order valence-electron chi connectivity index (χ2n) is 8.05. The second kappa shape index (κ2) is 7.29. The molecule has 1 N–H and O–H groups in total. The average Bonchev–Trinajstić information content (AvgIpc) is 3.43. The zero-order chi connectivity index (χ0) is 20.7. The topological polar surface area (TPSA) is 67.9 Å². The van der Waals surface area contributed by atoms with Gasteiger partial charge in [0.25, 0.3) is 0 Å². The number of benzene rings is 2. The van der Waals surface area contributed by atoms with Crippen LogP contribution in [0.4, 0.5) is 5.69 Å². The van der Waals surface area contributed by atoms with Crippen LogP contribution in [0.5, 0.6) is 5.75 Å². The molecule has 2 amide bonds. The lowest BCUT2D eigenvalue weighted by atomic mass is 9.77. The van der Waals surface area contributed by atoms with E-state index < -0.39 is 17.4 Å². The van der Waals surface area contributed by atoms with Gasteiger partial charge in [-0.25, -0.2) is 0 Å². The van der Waals surface area contributed by atoms with Gasteiger partial charge in [0, 0.05) is 12.2 Å². The molecule has 3 aliphatic heterocycles. The highest BCUT2D eigenvalue weighted by atomic mass is 16.5. The highest BCUT2D eigenvalue weighted by molar-refractivity contribution is 6.03. The Morgan fingerprint density at radius 1 is 1.20 bits per heavy atom. The fourth-order valence-electron chi connectivity index (χ4n) is 4.86. The van der Waals surface area contributed by atoms with Crippen molar-refractivity contribution in [3.63, 3.8) is 0 Å². The summed E-state index contributed by atoms with van der Waals surface area (Å²) < 4.78 is 11.4. The van der Waals surface area contributed by atoms with Crippen LogP contribution < -0.4 is 15.0 Å². The van der Waals surface area contributed by atoms with Gasteiger partial charge >= 0.3 is 0 Å². The molecule has 6 heteroatoms. The van der Waals surface area contributed by atoms with Gasteiger partial charge in [-0.2, -0.15) is 0 Å². The number of hydrogen-bond acceptors (Lipinski definition) is 4. The minimum absolute atomic E-state index is 0.0386. The van der Waals surface area contributed by atoms with Crippen LogP contribution in [-0.4, -0.2) is 43.7 Å². The molecule has 1 spiro atoms. The molecule has 2 aromatic carbocycles. The van der Waals surface area contributed by atoms with Crippen LogP contribution in [0.25, 0.3) is 0 Å². The average molecular weight is 404 g/mol. The van der Waals surface area contributed by atoms with Crippen molar-refractivity contribution in [2.24, 2.45) is 11.8 Å². The Morgan fingerprint density at radius 3 is 2.70 bits per heavy atom. The molecule has 0 saturated carbocycles. The quantitative estimate of drug-likeness (QED) is 0.751. The van der Waals surface area contributed by atoms with E-state index in [1.54, 1.807) is 12.0 Å². The van der Waals surface area contributed by atoms with Crippen molar-refractivity contribution in [1.29, 1.82) is 0 Å². The summed E-state index contributed by atoms with van der Waals surface area (Å²) in [6, 6.07) is 17.4. The maximum atomic E-state index is 13.3. The lowest BCUT2D eigenvalue weighted by Gasteiger charge is -2.23. The maximum absolute atomic E-state index is 13.3. The number of hydrogen-bond donors (Lipinski definition) is 1. The van der Waals surface area contributed by atoms with Crippen molar-refractivity contribution >= 4 is 17.5 Å². The summed E-state index contributed by atoms with van der Waals surface area (Å²) in [6.45, 7) is 0.956. The Balaban J connectivity index is 1.27. The Hall–Kier alpha value is -3.12. The van der Waals surface area contributed by atoms with Crippen molar-refractivity contribution in [2.45, 2.75) is 18.1 Å². The first-order chi connectivity index (χ1) is 14.6. The van der Waals surface area contributed by atoms with Gasteiger partial charge in [-0.15, -0.1) is 0 Å². The summed E-state index contributed by atoms with van der Waals surface area (Å²) >= 11 is 0. The number of carbonyl (C=O) groups excluding carboxylic acids is 2. The fourth-order valence-corrected chi connectivity index (χ4v) is 4.86. The first kappa shape index (κ1) is 18.9. The van der Waals surface area contributed by atoms with Gasteiger partial charge in [-0.05, 0) is 36.2 Å². The first-order valence-corrected chi connectivity index (χ1v) is 10.3. The van der Waals surface area contributed by atoms with Crippen molar-refractivity contribution in [3.8, 4) is 5.75 Å². The smallest absolute Gasteiger partial charge is 0.234 e. The van der Waals surface area contributed by atoms with Gasteiger partial charge in [0.05, 0.1) is 31.6 Å². The van der Waals surface area contributed by atoms with Gasteiger partial charge in [-0.1, -0.05) is 42.5 Å². The van der Waals surface area contributed by atoms with Gasteiger partial charge < -0.3 is 19.7 Å². The molecule has 2 bridgehead atoms. The van der Waals surface area contributed by atoms with Crippen LogP contribution in [0.2, 0.25) is 0 Å². The number of nitrogens with zero attached hydrogens (tertiary/aromatic N) is 1. The van der Waals surface area contributed by atoms with E-state index in [2.05, 4.69) is 5.32 Å². The molecule has 3 aliphatic rings. The molecule has 2 aromatic rings. The molecule has 154 valence electrons. The third-order valence-electron chi connectivity index (χ3n) is 6.34. The summed E-state index contributed by atoms with van der Waals surface area (Å²) in [5.41, 5.74) is 1.25. The van der Waals surface area contributed by atoms with E-state index >= 15 is 0 Å². The number of amides is 2. The number of anilines is 1. The van der Waals surface area contributed by atoms with Crippen LogP contribution >= 0.6 is 0 Å². The van der Waals surface area contributed by atoms with Crippen LogP contribution in [0.1, 0.15) is 5.56 Å². The first-order valence-electron chi connectivity index (χ1n) is 10.3. The third-order valence-corrected chi connectivity index (χ3v) is 6.34. The normalized spacial score (nSPS) is 28.6. The number of fused-ring (bicyclic) bond motifs is 1. The molecular weight excluding hydrogens is 380 g/mol. The number of nitrogens with one attached hydrogen (secondary N) is 1. The SMILES string of the molecule is COc1ccc(CCNC(=O)C2C3C=C[C@]4(CN(c5ccccc5)C(=O)C24)O3)cc1. The Bertz CT molecular complexity index is 988. The molecule has 3 unspecified atom stereocenters. The van der Waals surface area contributed by atoms with Crippen molar-refractivity contribution in [1.82, 2.24) is 5.32 Å². The summed E-state index contributed by atoms with van der Waals surface area (Å²) in [6.07, 6.45) is 4.29. The number of para-hydroxylation sites is 1. The molecule has 0 radical (unpaired) electrons. The fraction of sp³-hybridized carbons (Fsp3) is 0.333. The van der Waals surface area contributed by atoms with Crippen LogP contribution in [0.3, 0.4) is 0 Å². The number of ether oxygens (including phenoxy) is 2. The molecule has 0 aliphatic carbocycles. The molecule has 30 heavy (non-hydrogen) atoms. The minimum Gasteiger partial charge on any atom is -0.497 e. The molecule has 6 nitrogen and oxygen atoms in total. The minimum atomic E-state index is -0.699. The van der Waals surface area contributed by atoms with Crippen molar-refractivity contribution < 1.29 is 19.1 Å². The van der Waals surface area contributed by atoms with Gasteiger partial charge in [0.15, 0.2) is 0 Å². The number of carbonyl (C=O) groups is 2. The molecule has 5 rings (SSSR count). The molecule has 2 fully saturated rings. The Morgan fingerprint density at radius 2 is 1.97 bits per heavy atom. The van der Waals surface area contributed by atoms with E-state index in [1.165, 1.54) is 0 Å². The molecule has 2 saturated heterocycles. The van der Waals surface area contributed by atoms with Gasteiger partial charge in [0.1, 0.15) is 11.4 Å². The Kier molecular flexibility index (Phi) is 4.59. The Labute approximate surface area is 175 Å². The number of rotatable bonds is 6. The van der Waals surface area contributed by atoms with Gasteiger partial charge in [-0.3, -0.25) is 9.59 Å². The summed E-state index contributed by atoms with van der Waals surface area (Å²) in [5, 5.41) is 3.02. The summed E-state index contributed by atoms with van der Waals surface area (Å²) in [5.74, 6) is -0.321. The highest BCUT2D eigenvalue weighted by Gasteiger charge is 2.66. The largest absolute Gasteiger partial charge is 0.497 e. The van der Waals surface area contributed by atoms with Crippen LogP contribution in [0.15, 0.2) is 66.7 Å². The van der Waals surface area contributed by atoms with E-state index in [0.29, 0.717) is 19.5 Å². The van der Waals surface area contributed by atoms with Crippen LogP contribution in [0, 0.1) is 11.8 Å². The zero-order valence-electron chi connectivity index (χ0n) is 16.8. The summed E-state index contributed by atoms with van der Waals surface area (Å²) in [4.78, 5) is 28.0. The lowest BCUT2D eigenvalue weighted by molar-refractivity contribution is -0.131. The zero-order valence-corrected chi connectivity index (χ0v) is 16.8. The standard InChI is InChI=1S/C24H24N2O4/c1-29-18-9-7-16(8-10-18)12-14-25-22(27)20-19-11-13-24(30-19)15-26(23(28)21(20)24)17-5-3-2-4-6-17/h2-11,13,19-21H,12,14-15H2,1H3,(H,25,27)/t19?,20?,21?,24-/m1/s1. The molecule has 4 atom stereocenters. The monoisotopic (exact) mass is 404 g/mol. The summed E-state index contributed by atoms with van der Waals surface area (Å²) in [7, 11) is 1.64. The highest BCUT2D eigenvalue weighted by Crippen LogP contribution is 2.52. The van der Waals surface area contributed by atoms with E-state index in [0.717, 1.165) is 17.0 Å². The number of methoxy groups -OCH3 is 1. The second-order valence-corrected chi connectivity index (χ2v) is 8.05. The lowest BCUT2D eigenvalue weighted by Crippen LogP contribution is -2.44. The molecule has 3 heterocycles. The third kappa shape index (κ3) is 2.99. The van der Waals surface area contributed by atoms with E-state index in [-0.39, 0.29) is 17.9 Å². The maximum Gasteiger partial charge on any atom is 0.234 e. The van der Waals surface area contributed by atoms with E-state index in [1.807, 2.05) is 66.7 Å². The molecular formula is C24H24N2O4. The van der Waals surface area contributed by atoms with Crippen molar-refractivity contribution in [2.75, 3.05) is 25.1 Å². The van der Waals surface area contributed by atoms with E-state index in [9.17, 15) is 9.59 Å². The van der Waals surface area contributed by atoms with E-state index in [4.69, 9.17) is 9.47 Å². The predicted octanol–water partition coefficient (Wildman–Crippen LogP) is 2.34. The van der Waals surface area contributed by atoms with Crippen LogP contribution in [-0.2, 0) is 20.7 Å². The van der Waals surface area contributed by atoms with Gasteiger partial charge in [0.2, 0.25) is 11.8 Å². The van der Waals surface area contributed by atoms with Crippen molar-refractivity contribution in [3.05, 3.63) is 72.3 Å². The molecule has 0 aromatic heterocycles. The predicted molar refractivity (Wildman–Crippen MR) is 112 cm³/mol.